The van der Waals surface area contributed by atoms with Gasteiger partial charge in [-0.15, -0.1) is 11.3 Å². The lowest BCUT2D eigenvalue weighted by molar-refractivity contribution is -0.151. The number of fused-ring (bicyclic) bond motifs is 2. The first kappa shape index (κ1) is 120. The Bertz CT molecular complexity index is 4950. The number of benzene rings is 5. The Balaban J connectivity index is 0.000000277. The third kappa shape index (κ3) is 47.1. The zero-order chi connectivity index (χ0) is 105. The summed E-state index contributed by atoms with van der Waals surface area (Å²) in [7, 11) is 8.38. The van der Waals surface area contributed by atoms with E-state index in [1.165, 1.54) is 74.0 Å². The summed E-state index contributed by atoms with van der Waals surface area (Å²) in [4.78, 5) is 132. The van der Waals surface area contributed by atoms with E-state index in [2.05, 4.69) is 58.9 Å². The highest BCUT2D eigenvalue weighted by molar-refractivity contribution is 7.22. The molecule has 4 aliphatic carbocycles. The molecule has 0 N–H and O–H groups in total. The number of esters is 9. The molecule has 144 heavy (non-hydrogen) atoms. The molecule has 11 rings (SSSR count). The quantitative estimate of drug-likeness (QED) is 0.0112. The van der Waals surface area contributed by atoms with Crippen molar-refractivity contribution in [2.24, 2.45) is 35.5 Å². The predicted octanol–water partition coefficient (Wildman–Crippen LogP) is 23.6. The average molecular weight is 2020 g/mol. The Hall–Kier alpha value is -12.3. The van der Waals surface area contributed by atoms with Gasteiger partial charge in [0.1, 0.15) is 56.1 Å². The molecule has 29 nitrogen and oxygen atoms in total. The van der Waals surface area contributed by atoms with Gasteiger partial charge in [0.25, 0.3) is 0 Å². The highest BCUT2D eigenvalue weighted by Gasteiger charge is 2.34. The van der Waals surface area contributed by atoms with E-state index in [1.54, 1.807) is 78.7 Å². The molecule has 4 fully saturated rings. The topological polar surface area (TPSA) is 361 Å². The maximum atomic E-state index is 13.3. The van der Waals surface area contributed by atoms with Crippen LogP contribution in [0.2, 0.25) is 0 Å². The van der Waals surface area contributed by atoms with E-state index in [-0.39, 0.29) is 82.9 Å². The van der Waals surface area contributed by atoms with Crippen LogP contribution in [0, 0.1) is 35.5 Å². The molecular formula is C114H153NO28S. The SMILES string of the molecule is C=CC(=O)OCCCCCCC1CCC(OC)CC1.C=CC(=O)OCCCCCCOC(=O)c1ccc(OC)cc1.C=CC(=O)OCCCCCCOc1ccc(OC)cc1.C=CC(=O)OCCCCOC(=O)C1CCC(OC)CC1.C=CC(=O)OCCCCOc1ccc(OC)cc1.CC(=O)C1CCC(C(=O)Oc2ccc(OC(=O)C3CCC(C(C)=O)CC3)c3sc(-c4cc5cc(C(C)C)ccc5o4)nc23)CC1. The number of nitrogens with zero attached hydrogens (tertiary/aromatic N) is 1. The zero-order valence-electron chi connectivity index (χ0n) is 86.0. The van der Waals surface area contributed by atoms with Gasteiger partial charge in [0.2, 0.25) is 0 Å². The summed E-state index contributed by atoms with van der Waals surface area (Å²) >= 11 is 1.32. The van der Waals surface area contributed by atoms with Gasteiger partial charge in [0.05, 0.1) is 116 Å². The number of unbranched alkanes of at least 4 members (excludes halogenated alkanes) is 11. The minimum atomic E-state index is -0.420. The third-order valence-corrected chi connectivity index (χ3v) is 26.3. The maximum absolute atomic E-state index is 13.3. The molecule has 5 aromatic carbocycles. The zero-order valence-corrected chi connectivity index (χ0v) is 86.8. The van der Waals surface area contributed by atoms with Crippen LogP contribution in [0.15, 0.2) is 177 Å². The number of carbonyl (C=O) groups is 11. The van der Waals surface area contributed by atoms with E-state index in [4.69, 9.17) is 85.2 Å². The second-order valence-electron chi connectivity index (χ2n) is 36.0. The van der Waals surface area contributed by atoms with Crippen LogP contribution in [0.25, 0.3) is 32.0 Å². The molecule has 4 saturated carbocycles. The molecule has 2 aromatic heterocycles. The number of hydrogen-bond donors (Lipinski definition) is 0. The van der Waals surface area contributed by atoms with Crippen LogP contribution in [-0.2, 0) is 90.6 Å². The van der Waals surface area contributed by atoms with Gasteiger partial charge in [0, 0.05) is 61.8 Å². The minimum absolute atomic E-state index is 0.00811. The fourth-order valence-electron chi connectivity index (χ4n) is 16.4. The monoisotopic (exact) mass is 2020 g/mol. The van der Waals surface area contributed by atoms with Gasteiger partial charge >= 0.3 is 53.7 Å². The number of carbonyl (C=O) groups excluding carboxylic acids is 11. The van der Waals surface area contributed by atoms with Gasteiger partial charge in [-0.1, -0.05) is 78.5 Å². The molecule has 0 unspecified atom stereocenters. The Morgan fingerprint density at radius 3 is 1.11 bits per heavy atom. The molecule has 0 spiro atoms. The normalized spacial score (nSPS) is 17.1. The fraction of sp³-hybridized carbons (Fsp3) is 0.526. The van der Waals surface area contributed by atoms with Gasteiger partial charge < -0.3 is 80.2 Å². The number of ether oxygens (including phenoxy) is 16. The molecule has 788 valence electrons. The van der Waals surface area contributed by atoms with E-state index < -0.39 is 11.9 Å². The number of aromatic nitrogens is 1. The number of Topliss-reactive ketones (excluding diaryl/α,β-unsaturated/α-hetero) is 2. The Kier molecular flexibility index (Phi) is 58.9. The van der Waals surface area contributed by atoms with Crippen molar-refractivity contribution in [1.82, 2.24) is 4.98 Å². The number of methoxy groups -OCH3 is 5. The molecule has 0 atom stereocenters. The maximum Gasteiger partial charge on any atom is 0.338 e. The molecule has 2 heterocycles. The predicted molar refractivity (Wildman–Crippen MR) is 553 cm³/mol. The van der Waals surface area contributed by atoms with Crippen LogP contribution in [-0.4, -0.2) is 177 Å². The number of rotatable bonds is 53. The van der Waals surface area contributed by atoms with Gasteiger partial charge in [0.15, 0.2) is 22.3 Å². The lowest BCUT2D eigenvalue weighted by Gasteiger charge is -2.27. The summed E-state index contributed by atoms with van der Waals surface area (Å²) < 4.78 is 90.4. The van der Waals surface area contributed by atoms with Crippen molar-refractivity contribution in [1.29, 1.82) is 0 Å². The molecule has 0 amide bonds. The molecule has 0 saturated heterocycles. The first-order chi connectivity index (χ1) is 69.7. The second kappa shape index (κ2) is 70.4. The van der Waals surface area contributed by atoms with Crippen molar-refractivity contribution in [3.8, 4) is 51.0 Å². The van der Waals surface area contributed by atoms with Crippen LogP contribution >= 0.6 is 11.3 Å². The van der Waals surface area contributed by atoms with Crippen LogP contribution < -0.4 is 33.2 Å². The largest absolute Gasteiger partial charge is 0.497 e. The van der Waals surface area contributed by atoms with E-state index in [0.29, 0.717) is 186 Å². The van der Waals surface area contributed by atoms with Crippen molar-refractivity contribution in [2.75, 3.05) is 95.0 Å². The Morgan fingerprint density at radius 1 is 0.368 bits per heavy atom. The molecule has 30 heteroatoms. The average Bonchev–Trinajstić information content (AvgIpc) is 1.61. The van der Waals surface area contributed by atoms with Crippen molar-refractivity contribution in [2.45, 2.75) is 258 Å². The number of furan rings is 1. The van der Waals surface area contributed by atoms with Gasteiger partial charge in [-0.2, -0.15) is 0 Å². The van der Waals surface area contributed by atoms with Gasteiger partial charge in [-0.05, 0) is 321 Å². The molecule has 0 aliphatic heterocycles. The molecular weight excluding hydrogens is 1860 g/mol. The van der Waals surface area contributed by atoms with E-state index in [9.17, 15) is 52.7 Å². The van der Waals surface area contributed by atoms with Crippen LogP contribution in [0.5, 0.6) is 40.2 Å². The number of thiazole rings is 1. The van der Waals surface area contributed by atoms with Crippen LogP contribution in [0.3, 0.4) is 0 Å². The highest BCUT2D eigenvalue weighted by Crippen LogP contribution is 2.44. The Morgan fingerprint density at radius 2 is 0.708 bits per heavy atom. The summed E-state index contributed by atoms with van der Waals surface area (Å²) in [5, 5.41) is 1.55. The van der Waals surface area contributed by atoms with E-state index in [0.717, 1.165) is 161 Å². The lowest BCUT2D eigenvalue weighted by atomic mass is 9.80. The summed E-state index contributed by atoms with van der Waals surface area (Å²) in [6, 6.07) is 33.1. The molecule has 4 aliphatic rings. The first-order valence-electron chi connectivity index (χ1n) is 50.6. The minimum Gasteiger partial charge on any atom is -0.497 e. The van der Waals surface area contributed by atoms with Crippen molar-refractivity contribution in [3.63, 3.8) is 0 Å². The first-order valence-corrected chi connectivity index (χ1v) is 51.5. The third-order valence-electron chi connectivity index (χ3n) is 25.2. The van der Waals surface area contributed by atoms with Crippen molar-refractivity contribution < 1.29 is 133 Å². The molecule has 0 radical (unpaired) electrons. The Labute approximate surface area is 853 Å². The summed E-state index contributed by atoms with van der Waals surface area (Å²) in [6.45, 7) is 28.4. The summed E-state index contributed by atoms with van der Waals surface area (Å²) in [6.07, 6.45) is 36.8. The van der Waals surface area contributed by atoms with Gasteiger partial charge in [-0.3, -0.25) is 24.0 Å². The number of ketones is 2. The number of hydrogen-bond acceptors (Lipinski definition) is 30. The van der Waals surface area contributed by atoms with Crippen LogP contribution in [0.4, 0.5) is 0 Å². The second-order valence-corrected chi connectivity index (χ2v) is 37.0. The van der Waals surface area contributed by atoms with E-state index in [1.807, 2.05) is 67.8 Å². The molecule has 7 aromatic rings. The summed E-state index contributed by atoms with van der Waals surface area (Å²) in [5.41, 5.74) is 2.89. The van der Waals surface area contributed by atoms with Crippen molar-refractivity contribution >= 4 is 97.8 Å². The van der Waals surface area contributed by atoms with Gasteiger partial charge in [-0.25, -0.2) is 33.8 Å². The lowest BCUT2D eigenvalue weighted by Crippen LogP contribution is -2.28. The van der Waals surface area contributed by atoms with Crippen LogP contribution in [0.1, 0.15) is 261 Å². The summed E-state index contributed by atoms with van der Waals surface area (Å²) in [5.74, 6) is 3.33. The molecule has 0 bridgehead atoms. The van der Waals surface area contributed by atoms with E-state index >= 15 is 0 Å². The van der Waals surface area contributed by atoms with Crippen molar-refractivity contribution in [3.05, 3.63) is 184 Å². The standard InChI is InChI=1S/C36H39NO7S.C17H22O5.C16H22O4.C16H28O3.C15H24O5.C14H18O4/c1-19(2)26-13-14-28-27(17-26)18-31(42-28)34-37-32-29(43-35(40)24-9-5-22(6-10-24)20(3)38)15-16-30(33(32)45-34)44-36(41)25-11-7-23(8-12-25)21(4)39;1-3-16(18)21-12-6-4-5-7-13-22-17(19)14-8-10-15(20-2)11-9-14;1-3-16(17)20-13-7-5-4-6-12-19-15-10-8-14(18-2)9-11-15;1-3-16(17)19-13-7-5-4-6-8-14-9-11-15(18-2)12-10-14;1-3-14(16)19-10-4-5-11-20-15(17)12-6-8-13(18-2)9-7-12;1-3-14(15)18-11-5-4-10-17-13-8-6-12(16-2)7-9-13/h13-19,22-25H,5-12H2,1-4H3;3,8-11H,1,4-7,12-13H2,2H3;3,8-11H,1,4-7,12-13H2,2H3;3,14-15H,1,4-13H2,2H3;3,12-13H,1,4-11H2,2H3;3,6-9H,1,4-5,10-11H2,2H3. The smallest absolute Gasteiger partial charge is 0.338 e. The highest BCUT2D eigenvalue weighted by atomic mass is 32.1. The fourth-order valence-corrected chi connectivity index (χ4v) is 17.3.